The zero-order valence-corrected chi connectivity index (χ0v) is 25.8. The highest BCUT2D eigenvalue weighted by Gasteiger charge is 2.26. The van der Waals surface area contributed by atoms with Crippen molar-refractivity contribution in [1.29, 1.82) is 0 Å². The van der Waals surface area contributed by atoms with Crippen LogP contribution >= 0.6 is 22.9 Å². The van der Waals surface area contributed by atoms with Crippen LogP contribution in [0.5, 0.6) is 0 Å². The Morgan fingerprint density at radius 3 is 2.36 bits per heavy atom. The van der Waals surface area contributed by atoms with E-state index in [1.54, 1.807) is 11.3 Å². The van der Waals surface area contributed by atoms with E-state index in [-0.39, 0.29) is 11.9 Å². The molecule has 2 aliphatic carbocycles. The van der Waals surface area contributed by atoms with Crippen molar-refractivity contribution in [2.24, 2.45) is 0 Å². The molecule has 9 heteroatoms. The molecule has 2 heterocycles. The van der Waals surface area contributed by atoms with E-state index in [9.17, 15) is 4.79 Å². The lowest BCUT2D eigenvalue weighted by Gasteiger charge is -2.30. The monoisotopic (exact) mass is 600 g/mol. The van der Waals surface area contributed by atoms with Gasteiger partial charge in [-0.3, -0.25) is 4.79 Å². The summed E-state index contributed by atoms with van der Waals surface area (Å²) >= 11 is 7.72. The van der Waals surface area contributed by atoms with Gasteiger partial charge in [-0.15, -0.1) is 11.3 Å². The topological polar surface area (TPSA) is 83.0 Å². The first-order valence-electron chi connectivity index (χ1n) is 14.9. The van der Waals surface area contributed by atoms with E-state index in [4.69, 9.17) is 26.6 Å². The fourth-order valence-corrected chi connectivity index (χ4v) is 7.22. The summed E-state index contributed by atoms with van der Waals surface area (Å²) in [6.45, 7) is 0. The first kappa shape index (κ1) is 28.6. The number of aromatic nitrogens is 3. The Morgan fingerprint density at radius 2 is 1.62 bits per heavy atom. The summed E-state index contributed by atoms with van der Waals surface area (Å²) < 4.78 is 0. The SMILES string of the molecule is CN(C)c1nc(NC2CCC(NC(=O)Cc3sc(-c4ccccc4)nc3-c3ccc(Cl)cc3)CC2)nc2c1CCCC2. The highest BCUT2D eigenvalue weighted by Crippen LogP contribution is 2.35. The molecule has 218 valence electrons. The van der Waals surface area contributed by atoms with Gasteiger partial charge in [-0.2, -0.15) is 4.98 Å². The first-order valence-corrected chi connectivity index (χ1v) is 16.1. The summed E-state index contributed by atoms with van der Waals surface area (Å²) in [4.78, 5) is 31.1. The van der Waals surface area contributed by atoms with Crippen LogP contribution in [-0.2, 0) is 24.1 Å². The van der Waals surface area contributed by atoms with Gasteiger partial charge >= 0.3 is 0 Å². The maximum Gasteiger partial charge on any atom is 0.225 e. The fourth-order valence-electron chi connectivity index (χ4n) is 6.01. The van der Waals surface area contributed by atoms with Crippen LogP contribution in [0.4, 0.5) is 11.8 Å². The van der Waals surface area contributed by atoms with Gasteiger partial charge in [-0.1, -0.05) is 54.1 Å². The van der Waals surface area contributed by atoms with Crippen molar-refractivity contribution >= 4 is 40.6 Å². The highest BCUT2D eigenvalue weighted by molar-refractivity contribution is 7.15. The lowest BCUT2D eigenvalue weighted by atomic mass is 9.91. The molecule has 0 bridgehead atoms. The molecule has 1 amide bonds. The smallest absolute Gasteiger partial charge is 0.225 e. The lowest BCUT2D eigenvalue weighted by molar-refractivity contribution is -0.121. The molecule has 1 fully saturated rings. The van der Waals surface area contributed by atoms with Crippen molar-refractivity contribution < 1.29 is 4.79 Å². The fraction of sp³-hybridized carbons (Fsp3) is 0.394. The minimum atomic E-state index is 0.0403. The van der Waals surface area contributed by atoms with Gasteiger partial charge in [0.15, 0.2) is 0 Å². The maximum absolute atomic E-state index is 13.3. The Hall–Kier alpha value is -3.49. The number of rotatable bonds is 8. The van der Waals surface area contributed by atoms with Gasteiger partial charge in [0.05, 0.1) is 17.8 Å². The number of carbonyl (C=O) groups excluding carboxylic acids is 1. The Morgan fingerprint density at radius 1 is 0.905 bits per heavy atom. The van der Waals surface area contributed by atoms with Crippen LogP contribution in [0.25, 0.3) is 21.8 Å². The number of carbonyl (C=O) groups is 1. The predicted octanol–water partition coefficient (Wildman–Crippen LogP) is 6.95. The molecule has 0 atom stereocenters. The van der Waals surface area contributed by atoms with Gasteiger partial charge in [-0.05, 0) is 63.5 Å². The summed E-state index contributed by atoms with van der Waals surface area (Å²) in [5.74, 6) is 1.82. The van der Waals surface area contributed by atoms with Crippen LogP contribution < -0.4 is 15.5 Å². The number of anilines is 2. The third-order valence-electron chi connectivity index (χ3n) is 8.17. The minimum Gasteiger partial charge on any atom is -0.362 e. The summed E-state index contributed by atoms with van der Waals surface area (Å²) in [5, 5.41) is 8.51. The Bertz CT molecular complexity index is 1530. The van der Waals surface area contributed by atoms with E-state index in [0.717, 1.165) is 77.0 Å². The number of halogens is 1. The van der Waals surface area contributed by atoms with Gasteiger partial charge in [0.25, 0.3) is 0 Å². The second kappa shape index (κ2) is 12.8. The van der Waals surface area contributed by atoms with E-state index in [1.165, 1.54) is 24.1 Å². The average Bonchev–Trinajstić information content (AvgIpc) is 3.42. The molecule has 42 heavy (non-hydrogen) atoms. The van der Waals surface area contributed by atoms with E-state index < -0.39 is 0 Å². The van der Waals surface area contributed by atoms with Gasteiger partial charge in [-0.25, -0.2) is 9.97 Å². The number of hydrogen-bond acceptors (Lipinski definition) is 7. The highest BCUT2D eigenvalue weighted by atomic mass is 35.5. The van der Waals surface area contributed by atoms with Crippen LogP contribution in [0.3, 0.4) is 0 Å². The van der Waals surface area contributed by atoms with Gasteiger partial charge < -0.3 is 15.5 Å². The molecule has 4 aromatic rings. The standard InChI is InChI=1S/C33H37ClN6OS/c1-40(2)31-26-10-6-7-11-27(26)37-33(39-31)36-25-18-16-24(17-19-25)35-29(41)20-28-30(21-12-14-23(34)15-13-21)38-32(42-28)22-8-4-3-5-9-22/h3-5,8-9,12-15,24-25H,6-7,10-11,16-20H2,1-2H3,(H,35,41)(H,36,37,39). The van der Waals surface area contributed by atoms with Gasteiger partial charge in [0.1, 0.15) is 10.8 Å². The quantitative estimate of drug-likeness (QED) is 0.228. The molecular weight excluding hydrogens is 564 g/mol. The van der Waals surface area contributed by atoms with E-state index in [2.05, 4.69) is 41.8 Å². The van der Waals surface area contributed by atoms with Crippen molar-refractivity contribution in [1.82, 2.24) is 20.3 Å². The third kappa shape index (κ3) is 6.60. The summed E-state index contributed by atoms with van der Waals surface area (Å²) in [5.41, 5.74) is 5.37. The van der Waals surface area contributed by atoms with Gasteiger partial charge in [0, 0.05) is 52.8 Å². The molecule has 0 saturated heterocycles. The molecule has 2 aliphatic rings. The summed E-state index contributed by atoms with van der Waals surface area (Å²) in [7, 11) is 4.12. The van der Waals surface area contributed by atoms with Crippen LogP contribution in [0.2, 0.25) is 5.02 Å². The van der Waals surface area contributed by atoms with Crippen molar-refractivity contribution in [3.63, 3.8) is 0 Å². The normalized spacial score (nSPS) is 18.3. The lowest BCUT2D eigenvalue weighted by Crippen LogP contribution is -2.41. The molecule has 7 nitrogen and oxygen atoms in total. The van der Waals surface area contributed by atoms with Gasteiger partial charge in [0.2, 0.25) is 11.9 Å². The number of nitrogens with one attached hydrogen (secondary N) is 2. The molecule has 6 rings (SSSR count). The number of hydrogen-bond donors (Lipinski definition) is 2. The molecule has 2 aromatic heterocycles. The van der Waals surface area contributed by atoms with E-state index in [1.807, 2.05) is 42.5 Å². The van der Waals surface area contributed by atoms with Crippen LogP contribution in [0, 0.1) is 0 Å². The maximum atomic E-state index is 13.3. The number of thiazole rings is 1. The molecule has 1 saturated carbocycles. The second-order valence-corrected chi connectivity index (χ2v) is 13.0. The zero-order valence-electron chi connectivity index (χ0n) is 24.2. The minimum absolute atomic E-state index is 0.0403. The molecule has 0 spiro atoms. The van der Waals surface area contributed by atoms with Crippen molar-refractivity contribution in [2.75, 3.05) is 24.3 Å². The van der Waals surface area contributed by atoms with Crippen LogP contribution in [0.1, 0.15) is 54.7 Å². The van der Waals surface area contributed by atoms with E-state index >= 15 is 0 Å². The number of aryl methyl sites for hydroxylation is 1. The molecule has 0 aliphatic heterocycles. The molecule has 0 radical (unpaired) electrons. The summed E-state index contributed by atoms with van der Waals surface area (Å²) in [6, 6.07) is 18.3. The Kier molecular flexibility index (Phi) is 8.72. The van der Waals surface area contributed by atoms with Crippen molar-refractivity contribution in [3.8, 4) is 21.8 Å². The van der Waals surface area contributed by atoms with Crippen molar-refractivity contribution in [2.45, 2.75) is 69.9 Å². The molecule has 2 aromatic carbocycles. The second-order valence-electron chi connectivity index (χ2n) is 11.5. The predicted molar refractivity (Wildman–Crippen MR) is 173 cm³/mol. The summed E-state index contributed by atoms with van der Waals surface area (Å²) in [6.07, 6.45) is 8.58. The largest absolute Gasteiger partial charge is 0.362 e. The van der Waals surface area contributed by atoms with E-state index in [0.29, 0.717) is 17.5 Å². The zero-order chi connectivity index (χ0) is 29.1. The number of nitrogens with zero attached hydrogens (tertiary/aromatic N) is 4. The Balaban J connectivity index is 1.09. The van der Waals surface area contributed by atoms with Crippen LogP contribution in [-0.4, -0.2) is 47.0 Å². The molecule has 0 unspecified atom stereocenters. The number of amides is 1. The molecular formula is C33H37ClN6OS. The molecule has 2 N–H and O–H groups in total. The first-order chi connectivity index (χ1) is 20.4. The van der Waals surface area contributed by atoms with Crippen LogP contribution in [0.15, 0.2) is 54.6 Å². The third-order valence-corrected chi connectivity index (χ3v) is 9.52. The van der Waals surface area contributed by atoms with Crippen molar-refractivity contribution in [3.05, 3.63) is 75.8 Å². The Labute approximate surface area is 256 Å². The average molecular weight is 601 g/mol. The number of benzene rings is 2. The number of fused-ring (bicyclic) bond motifs is 1.